The molecule has 0 spiro atoms. The molecule has 43 heavy (non-hydrogen) atoms. The fourth-order valence-electron chi connectivity index (χ4n) is 2.00. The summed E-state index contributed by atoms with van der Waals surface area (Å²) in [5, 5.41) is 0. The van der Waals surface area contributed by atoms with E-state index in [0.29, 0.717) is 0 Å². The van der Waals surface area contributed by atoms with Crippen molar-refractivity contribution in [1.82, 2.24) is 0 Å². The van der Waals surface area contributed by atoms with Crippen LogP contribution in [0.4, 0.5) is 25.2 Å². The van der Waals surface area contributed by atoms with Crippen LogP contribution in [0.2, 0.25) is 0 Å². The molecule has 0 aromatic heterocycles. The number of hydrogen-bond donors (Lipinski definition) is 6. The Bertz CT molecular complexity index is 1020. The fraction of sp³-hybridized carbons (Fsp3) is 0. The van der Waals surface area contributed by atoms with Crippen molar-refractivity contribution in [2.75, 3.05) is 0 Å². The summed E-state index contributed by atoms with van der Waals surface area (Å²) in [6.07, 6.45) is 0. The van der Waals surface area contributed by atoms with Crippen molar-refractivity contribution in [2.45, 2.75) is 0 Å². The van der Waals surface area contributed by atoms with Crippen molar-refractivity contribution in [2.24, 2.45) is 0 Å². The third kappa shape index (κ3) is 50.3. The minimum absolute atomic E-state index is 1.49. The van der Waals surface area contributed by atoms with Gasteiger partial charge in [0.05, 0.1) is 25.2 Å². The zero-order valence-corrected chi connectivity index (χ0v) is 28.1. The molecule has 0 amide bonds. The van der Waals surface area contributed by atoms with E-state index in [4.69, 9.17) is 56.8 Å². The topological polar surface area (TPSA) is 224 Å². The summed E-state index contributed by atoms with van der Waals surface area (Å²) in [5.74, 6) is 0. The third-order valence-electron chi connectivity index (χ3n) is 2.85. The molecule has 25 heteroatoms. The molecule has 0 radical (unpaired) electrons. The molecule has 0 bridgehead atoms. The van der Waals surface area contributed by atoms with Crippen molar-refractivity contribution in [3.8, 4) is 0 Å². The van der Waals surface area contributed by atoms with Crippen LogP contribution >= 0.6 is 69.9 Å². The van der Waals surface area contributed by atoms with Crippen LogP contribution in [0.1, 0.15) is 0 Å². The van der Waals surface area contributed by atoms with E-state index >= 15 is 0 Å². The van der Waals surface area contributed by atoms with E-state index in [9.17, 15) is 25.2 Å². The Kier molecular flexibility index (Phi) is 37.3. The molecule has 0 saturated heterocycles. The standard InChI is InChI=1S/C18H15I.6FO2P/c1-4-10-16(11-5-1)19(17-12-6-2-7-13-17)18-14-8-3-9-15-18;6*1-4(2)3/h1-15H;;;;;;/p+6. The molecular formula is C18H21F6IO12P6+6. The molecule has 6 unspecified atom stereocenters. The van der Waals surface area contributed by atoms with E-state index in [2.05, 4.69) is 91.0 Å². The Morgan fingerprint density at radius 3 is 0.581 bits per heavy atom. The Hall–Kier alpha value is -1.67. The molecule has 3 aromatic carbocycles. The van der Waals surface area contributed by atoms with Gasteiger partial charge in [0.15, 0.2) is 0 Å². The predicted molar refractivity (Wildman–Crippen MR) is 155 cm³/mol. The van der Waals surface area contributed by atoms with Crippen molar-refractivity contribution in [1.29, 1.82) is 0 Å². The summed E-state index contributed by atoms with van der Waals surface area (Å²) >= 11 is -1.52. The van der Waals surface area contributed by atoms with E-state index in [1.54, 1.807) is 0 Å². The first-order chi connectivity index (χ1) is 19.8. The van der Waals surface area contributed by atoms with Gasteiger partial charge in [0.1, 0.15) is 0 Å². The van der Waals surface area contributed by atoms with Gasteiger partial charge in [-0.2, -0.15) is 0 Å². The van der Waals surface area contributed by atoms with Gasteiger partial charge in [0.25, 0.3) is 0 Å². The van der Waals surface area contributed by atoms with E-state index < -0.39 is 69.9 Å². The summed E-state index contributed by atoms with van der Waals surface area (Å²) in [6, 6.07) is 32.8. The van der Waals surface area contributed by atoms with Crippen LogP contribution in [0.15, 0.2) is 91.0 Å². The molecule has 3 rings (SSSR count). The maximum absolute atomic E-state index is 10.1. The number of hydrogen-bond acceptors (Lipinski definition) is 6. The Morgan fingerprint density at radius 2 is 0.465 bits per heavy atom. The second kappa shape index (κ2) is 33.2. The minimum atomic E-state index is -3.37. The van der Waals surface area contributed by atoms with Crippen molar-refractivity contribution in [3.05, 3.63) is 102 Å². The molecule has 0 heterocycles. The average molecular weight is 856 g/mol. The average Bonchev–Trinajstić information content (AvgIpc) is 2.84. The van der Waals surface area contributed by atoms with Crippen molar-refractivity contribution in [3.63, 3.8) is 0 Å². The quantitative estimate of drug-likeness (QED) is 0.0827. The summed E-state index contributed by atoms with van der Waals surface area (Å²) in [6.45, 7) is 0. The van der Waals surface area contributed by atoms with E-state index in [1.807, 2.05) is 0 Å². The van der Waals surface area contributed by atoms with E-state index in [0.717, 1.165) is 0 Å². The monoisotopic (exact) mass is 856 g/mol. The van der Waals surface area contributed by atoms with Gasteiger partial charge in [-0.3, -0.25) is 0 Å². The van der Waals surface area contributed by atoms with Crippen LogP contribution in [0, 0.1) is 10.7 Å². The van der Waals surface area contributed by atoms with Crippen LogP contribution in [0.25, 0.3) is 0 Å². The van der Waals surface area contributed by atoms with Gasteiger partial charge < -0.3 is 0 Å². The van der Waals surface area contributed by atoms with Crippen LogP contribution in [0.5, 0.6) is 0 Å². The number of benzene rings is 3. The molecule has 0 fully saturated rings. The molecule has 0 aliphatic carbocycles. The molecule has 0 saturated carbocycles. The Morgan fingerprint density at radius 1 is 0.349 bits per heavy atom. The van der Waals surface area contributed by atoms with Gasteiger partial charge in [0, 0.05) is 27.4 Å². The first-order valence-corrected chi connectivity index (χ1v) is 19.5. The van der Waals surface area contributed by atoms with Gasteiger partial charge >= 0.3 is 172 Å². The third-order valence-corrected chi connectivity index (χ3v) is 8.75. The van der Waals surface area contributed by atoms with Crippen LogP contribution < -0.4 is 0 Å². The molecular weight excluding hydrogens is 835 g/mol. The van der Waals surface area contributed by atoms with Gasteiger partial charge in [0.2, 0.25) is 0 Å². The van der Waals surface area contributed by atoms with Crippen molar-refractivity contribution >= 4 is 69.9 Å². The van der Waals surface area contributed by atoms with Crippen LogP contribution in [-0.4, -0.2) is 29.4 Å². The Balaban J connectivity index is -0.000000261. The first kappa shape index (κ1) is 48.2. The van der Waals surface area contributed by atoms with Gasteiger partial charge in [-0.15, -0.1) is 29.4 Å². The summed E-state index contributed by atoms with van der Waals surface area (Å²) in [5.41, 5.74) is 0. The molecule has 0 aliphatic heterocycles. The first-order valence-electron chi connectivity index (χ1n) is 9.61. The summed E-state index contributed by atoms with van der Waals surface area (Å²) in [7, 11) is -20.2. The van der Waals surface area contributed by atoms with Crippen LogP contribution in [0.3, 0.4) is 0 Å². The molecule has 238 valence electrons. The van der Waals surface area contributed by atoms with Gasteiger partial charge in [-0.05, 0) is 0 Å². The fourth-order valence-corrected chi connectivity index (χ4v) is 7.56. The van der Waals surface area contributed by atoms with E-state index in [-0.39, 0.29) is 0 Å². The van der Waals surface area contributed by atoms with E-state index in [1.165, 1.54) is 10.7 Å². The van der Waals surface area contributed by atoms with Gasteiger partial charge in [-0.25, -0.2) is 0 Å². The van der Waals surface area contributed by atoms with Crippen molar-refractivity contribution < 1.29 is 81.9 Å². The van der Waals surface area contributed by atoms with Gasteiger partial charge in [-0.1, -0.05) is 0 Å². The predicted octanol–water partition coefficient (Wildman–Crippen LogP) is 8.74. The molecule has 3 aromatic rings. The zero-order valence-electron chi connectivity index (χ0n) is 20.6. The SMILES string of the molecule is O=[P+](O)F.O=[P+](O)F.O=[P+](O)F.O=[P+](O)F.O=[P+](O)F.O=[P+](O)F.c1ccc(I(c2ccccc2)c2ccccc2)cc1. The molecule has 0 aliphatic rings. The number of halogens is 7. The Labute approximate surface area is 252 Å². The zero-order chi connectivity index (χ0) is 34.4. The second-order valence-electron chi connectivity index (χ2n) is 5.53. The van der Waals surface area contributed by atoms with Crippen LogP contribution in [-0.2, 0) is 27.4 Å². The normalized spacial score (nSPS) is 11.0. The summed E-state index contributed by atoms with van der Waals surface area (Å²) < 4.78 is 116. The maximum atomic E-state index is 10.1. The molecule has 6 atom stereocenters. The molecule has 6 N–H and O–H groups in total. The second-order valence-corrected chi connectivity index (χ2v) is 13.6. The molecule has 12 nitrogen and oxygen atoms in total. The summed E-state index contributed by atoms with van der Waals surface area (Å²) in [4.78, 5) is 41.4. The number of rotatable bonds is 3.